The van der Waals surface area contributed by atoms with Crippen LogP contribution in [0.15, 0.2) is 14.4 Å². The van der Waals surface area contributed by atoms with E-state index in [1.54, 1.807) is 0 Å². The number of aromatic nitrogens is 3. The van der Waals surface area contributed by atoms with Gasteiger partial charge in [0.25, 0.3) is 0 Å². The number of rotatable bonds is 3. The normalized spacial score (nSPS) is 11.8. The molecule has 0 spiro atoms. The van der Waals surface area contributed by atoms with Gasteiger partial charge in [-0.05, 0) is 18.3 Å². The third-order valence-corrected chi connectivity index (χ3v) is 2.92. The molecule has 0 aliphatic rings. The van der Waals surface area contributed by atoms with Gasteiger partial charge in [-0.15, -0.1) is 0 Å². The largest absolute Gasteiger partial charge is 0.336 e. The van der Waals surface area contributed by atoms with Crippen molar-refractivity contribution in [3.05, 3.63) is 31.5 Å². The molecule has 0 bridgehead atoms. The second-order valence-corrected chi connectivity index (χ2v) is 5.78. The van der Waals surface area contributed by atoms with Crippen molar-refractivity contribution in [3.8, 4) is 0 Å². The van der Waals surface area contributed by atoms with Crippen molar-refractivity contribution in [2.45, 2.75) is 40.2 Å². The summed E-state index contributed by atoms with van der Waals surface area (Å²) in [6.45, 7) is 6.66. The standard InChI is InChI=1S/C12H21N3O3/c1-12(2,3)7-6-8-15-10(17)13(4)9(16)14(5)11(15)18/h6-8H2,1-5H3. The van der Waals surface area contributed by atoms with Gasteiger partial charge in [-0.2, -0.15) is 0 Å². The monoisotopic (exact) mass is 255 g/mol. The first-order valence-electron chi connectivity index (χ1n) is 6.02. The topological polar surface area (TPSA) is 66.0 Å². The Labute approximate surface area is 105 Å². The van der Waals surface area contributed by atoms with E-state index in [-0.39, 0.29) is 5.41 Å². The molecule has 102 valence electrons. The molecular formula is C12H21N3O3. The summed E-state index contributed by atoms with van der Waals surface area (Å²) >= 11 is 0. The minimum Gasteiger partial charge on any atom is -0.248 e. The van der Waals surface area contributed by atoms with Crippen LogP contribution >= 0.6 is 0 Å². The second kappa shape index (κ2) is 4.96. The highest BCUT2D eigenvalue weighted by Gasteiger charge is 2.13. The fourth-order valence-corrected chi connectivity index (χ4v) is 1.79. The summed E-state index contributed by atoms with van der Waals surface area (Å²) in [6.07, 6.45) is 1.64. The van der Waals surface area contributed by atoms with E-state index in [4.69, 9.17) is 0 Å². The SMILES string of the molecule is Cn1c(=O)n(C)c(=O)n(CCCC(C)(C)C)c1=O. The Morgan fingerprint density at radius 3 is 1.72 bits per heavy atom. The van der Waals surface area contributed by atoms with Crippen molar-refractivity contribution in [3.63, 3.8) is 0 Å². The Morgan fingerprint density at radius 1 is 0.889 bits per heavy atom. The molecule has 0 saturated heterocycles. The lowest BCUT2D eigenvalue weighted by Crippen LogP contribution is -2.52. The zero-order chi connectivity index (χ0) is 14.1. The Hall–Kier alpha value is -1.59. The van der Waals surface area contributed by atoms with Crippen molar-refractivity contribution in [1.29, 1.82) is 0 Å². The van der Waals surface area contributed by atoms with Crippen LogP contribution in [0.2, 0.25) is 0 Å². The van der Waals surface area contributed by atoms with E-state index in [0.717, 1.165) is 26.5 Å². The van der Waals surface area contributed by atoms with Crippen molar-refractivity contribution >= 4 is 0 Å². The molecule has 0 aliphatic heterocycles. The first-order chi connectivity index (χ1) is 8.15. The van der Waals surface area contributed by atoms with E-state index in [9.17, 15) is 14.4 Å². The average Bonchev–Trinajstić information content (AvgIpc) is 2.27. The molecule has 1 heterocycles. The lowest BCUT2D eigenvalue weighted by molar-refractivity contribution is 0.345. The summed E-state index contributed by atoms with van der Waals surface area (Å²) in [5, 5.41) is 0. The Morgan fingerprint density at radius 2 is 1.33 bits per heavy atom. The van der Waals surface area contributed by atoms with Crippen LogP contribution in [-0.4, -0.2) is 13.7 Å². The average molecular weight is 255 g/mol. The van der Waals surface area contributed by atoms with Crippen LogP contribution < -0.4 is 17.1 Å². The molecule has 18 heavy (non-hydrogen) atoms. The molecule has 0 N–H and O–H groups in total. The summed E-state index contributed by atoms with van der Waals surface area (Å²) in [5.74, 6) is 0. The quantitative estimate of drug-likeness (QED) is 0.768. The molecule has 0 amide bonds. The van der Waals surface area contributed by atoms with Crippen molar-refractivity contribution in [1.82, 2.24) is 13.7 Å². The third-order valence-electron chi connectivity index (χ3n) is 2.92. The maximum absolute atomic E-state index is 11.8. The van der Waals surface area contributed by atoms with Gasteiger partial charge in [-0.25, -0.2) is 28.1 Å². The smallest absolute Gasteiger partial charge is 0.248 e. The number of hydrogen-bond acceptors (Lipinski definition) is 3. The predicted octanol–water partition coefficient (Wildman–Crippen LogP) is 0.0720. The molecule has 1 rings (SSSR count). The molecule has 0 saturated carbocycles. The second-order valence-electron chi connectivity index (χ2n) is 5.78. The van der Waals surface area contributed by atoms with E-state index in [2.05, 4.69) is 20.8 Å². The first-order valence-corrected chi connectivity index (χ1v) is 6.02. The van der Waals surface area contributed by atoms with Gasteiger partial charge in [0, 0.05) is 20.6 Å². The molecule has 6 heteroatoms. The van der Waals surface area contributed by atoms with Crippen molar-refractivity contribution in [2.24, 2.45) is 19.5 Å². The Kier molecular flexibility index (Phi) is 3.98. The zero-order valence-corrected chi connectivity index (χ0v) is 11.7. The van der Waals surface area contributed by atoms with Crippen molar-refractivity contribution < 1.29 is 0 Å². The summed E-state index contributed by atoms with van der Waals surface area (Å²) in [4.78, 5) is 35.2. The Balaban J connectivity index is 3.09. The van der Waals surface area contributed by atoms with Crippen LogP contribution in [0.5, 0.6) is 0 Å². The highest BCUT2D eigenvalue weighted by atomic mass is 16.2. The summed E-state index contributed by atoms with van der Waals surface area (Å²) in [5.41, 5.74) is -1.51. The fraction of sp³-hybridized carbons (Fsp3) is 0.750. The molecule has 0 unspecified atom stereocenters. The van der Waals surface area contributed by atoms with E-state index < -0.39 is 17.1 Å². The van der Waals surface area contributed by atoms with E-state index in [1.165, 1.54) is 14.1 Å². The number of hydrogen-bond donors (Lipinski definition) is 0. The predicted molar refractivity (Wildman–Crippen MR) is 69.9 cm³/mol. The van der Waals surface area contributed by atoms with Gasteiger partial charge < -0.3 is 0 Å². The van der Waals surface area contributed by atoms with Gasteiger partial charge >= 0.3 is 17.1 Å². The van der Waals surface area contributed by atoms with Gasteiger partial charge in [-0.3, -0.25) is 0 Å². The summed E-state index contributed by atoms with van der Waals surface area (Å²) in [7, 11) is 2.76. The lowest BCUT2D eigenvalue weighted by Gasteiger charge is -2.18. The molecule has 0 aliphatic carbocycles. The molecule has 6 nitrogen and oxygen atoms in total. The minimum absolute atomic E-state index is 0.162. The molecule has 1 aromatic rings. The van der Waals surface area contributed by atoms with E-state index in [0.29, 0.717) is 6.54 Å². The zero-order valence-electron chi connectivity index (χ0n) is 11.7. The van der Waals surface area contributed by atoms with E-state index >= 15 is 0 Å². The lowest BCUT2D eigenvalue weighted by atomic mass is 9.91. The minimum atomic E-state index is -0.586. The third kappa shape index (κ3) is 3.00. The molecule has 1 aromatic heterocycles. The van der Waals surface area contributed by atoms with Gasteiger partial charge in [0.05, 0.1) is 0 Å². The molecule has 0 aromatic carbocycles. The highest BCUT2D eigenvalue weighted by Crippen LogP contribution is 2.20. The maximum Gasteiger partial charge on any atom is 0.336 e. The molecule has 0 fully saturated rings. The van der Waals surface area contributed by atoms with Crippen LogP contribution in [0.25, 0.3) is 0 Å². The van der Waals surface area contributed by atoms with Crippen LogP contribution in [0, 0.1) is 5.41 Å². The van der Waals surface area contributed by atoms with Gasteiger partial charge in [-0.1, -0.05) is 20.8 Å². The Bertz CT molecular complexity index is 559. The highest BCUT2D eigenvalue weighted by molar-refractivity contribution is 4.76. The van der Waals surface area contributed by atoms with Gasteiger partial charge in [0.1, 0.15) is 0 Å². The summed E-state index contributed by atoms with van der Waals surface area (Å²) < 4.78 is 3.03. The fourth-order valence-electron chi connectivity index (χ4n) is 1.79. The van der Waals surface area contributed by atoms with E-state index in [1.807, 2.05) is 0 Å². The van der Waals surface area contributed by atoms with Gasteiger partial charge in [0.15, 0.2) is 0 Å². The van der Waals surface area contributed by atoms with Crippen LogP contribution in [0.1, 0.15) is 33.6 Å². The van der Waals surface area contributed by atoms with Crippen LogP contribution in [0.3, 0.4) is 0 Å². The van der Waals surface area contributed by atoms with Crippen molar-refractivity contribution in [2.75, 3.05) is 0 Å². The summed E-state index contributed by atoms with van der Waals surface area (Å²) in [6, 6.07) is 0. The molecule has 0 atom stereocenters. The van der Waals surface area contributed by atoms with Gasteiger partial charge in [0.2, 0.25) is 0 Å². The molecule has 0 radical (unpaired) electrons. The molecular weight excluding hydrogens is 234 g/mol. The maximum atomic E-state index is 11.8. The van der Waals surface area contributed by atoms with Crippen LogP contribution in [0.4, 0.5) is 0 Å². The number of nitrogens with zero attached hydrogens (tertiary/aromatic N) is 3. The van der Waals surface area contributed by atoms with Crippen LogP contribution in [-0.2, 0) is 20.6 Å². The first kappa shape index (κ1) is 14.5.